The van der Waals surface area contributed by atoms with Crippen LogP contribution in [0.2, 0.25) is 0 Å². The molecule has 0 amide bonds. The van der Waals surface area contributed by atoms with Gasteiger partial charge in [0.1, 0.15) is 0 Å². The van der Waals surface area contributed by atoms with Crippen LogP contribution in [0.4, 0.5) is 5.69 Å². The van der Waals surface area contributed by atoms with E-state index in [0.29, 0.717) is 0 Å². The highest BCUT2D eigenvalue weighted by Crippen LogP contribution is 2.22. The Morgan fingerprint density at radius 1 is 1.54 bits per heavy atom. The van der Waals surface area contributed by atoms with Gasteiger partial charge < -0.3 is 5.73 Å². The molecule has 0 aromatic heterocycles. The first-order valence-corrected chi connectivity index (χ1v) is 5.15. The lowest BCUT2D eigenvalue weighted by molar-refractivity contribution is 1.28. The van der Waals surface area contributed by atoms with Crippen LogP contribution in [-0.4, -0.2) is 5.75 Å². The van der Waals surface area contributed by atoms with E-state index >= 15 is 0 Å². The van der Waals surface area contributed by atoms with Crippen LogP contribution in [0.3, 0.4) is 0 Å². The third-order valence-electron chi connectivity index (χ3n) is 1.76. The van der Waals surface area contributed by atoms with Gasteiger partial charge in [0.05, 0.1) is 0 Å². The first-order valence-electron chi connectivity index (χ1n) is 4.16. The summed E-state index contributed by atoms with van der Waals surface area (Å²) < 4.78 is 0. The lowest BCUT2D eigenvalue weighted by Crippen LogP contribution is -1.88. The Bertz CT molecular complexity index is 325. The van der Waals surface area contributed by atoms with Crippen LogP contribution in [0.5, 0.6) is 0 Å². The Balaban J connectivity index is 2.59. The number of thioether (sulfide) groups is 1. The summed E-state index contributed by atoms with van der Waals surface area (Å²) in [6.07, 6.45) is 5.98. The van der Waals surface area contributed by atoms with Crippen LogP contribution in [0.1, 0.15) is 12.0 Å². The lowest BCUT2D eigenvalue weighted by atomic mass is 10.2. The fourth-order valence-corrected chi connectivity index (χ4v) is 1.85. The molecule has 0 saturated heterocycles. The van der Waals surface area contributed by atoms with E-state index in [-0.39, 0.29) is 0 Å². The van der Waals surface area contributed by atoms with Gasteiger partial charge in [-0.1, -0.05) is 0 Å². The molecule has 0 aliphatic heterocycles. The molecule has 0 heterocycles. The average Bonchev–Trinajstić information content (AvgIpc) is 2.12. The molecule has 1 aromatic rings. The molecule has 0 fully saturated rings. The molecule has 0 bridgehead atoms. The summed E-state index contributed by atoms with van der Waals surface area (Å²) in [6.45, 7) is 2.01. The van der Waals surface area contributed by atoms with Crippen LogP contribution < -0.4 is 5.73 Å². The minimum atomic E-state index is 0.814. The first kappa shape index (κ1) is 10.0. The van der Waals surface area contributed by atoms with Crippen molar-refractivity contribution in [3.05, 3.63) is 23.8 Å². The Morgan fingerprint density at radius 2 is 2.31 bits per heavy atom. The van der Waals surface area contributed by atoms with Crippen molar-refractivity contribution in [3.8, 4) is 12.3 Å². The van der Waals surface area contributed by atoms with Crippen LogP contribution in [0, 0.1) is 19.3 Å². The summed E-state index contributed by atoms with van der Waals surface area (Å²) in [7, 11) is 0. The number of aryl methyl sites for hydroxylation is 1. The quantitative estimate of drug-likeness (QED) is 0.344. The van der Waals surface area contributed by atoms with E-state index in [1.165, 1.54) is 4.90 Å². The molecule has 0 aliphatic carbocycles. The largest absolute Gasteiger partial charge is 0.399 e. The highest BCUT2D eigenvalue weighted by molar-refractivity contribution is 7.99. The lowest BCUT2D eigenvalue weighted by Gasteiger charge is -2.03. The maximum absolute atomic E-state index is 5.70. The van der Waals surface area contributed by atoms with Gasteiger partial charge in [0.25, 0.3) is 0 Å². The molecule has 0 spiro atoms. The van der Waals surface area contributed by atoms with Gasteiger partial charge in [-0.25, -0.2) is 0 Å². The maximum Gasteiger partial charge on any atom is 0.0344 e. The number of anilines is 1. The zero-order valence-electron chi connectivity index (χ0n) is 7.71. The summed E-state index contributed by atoms with van der Waals surface area (Å²) >= 11 is 1.77. The van der Waals surface area contributed by atoms with Crippen molar-refractivity contribution in [1.82, 2.24) is 0 Å². The van der Waals surface area contributed by atoms with Gasteiger partial charge in [-0.3, -0.25) is 0 Å². The number of rotatable bonds is 3. The van der Waals surface area contributed by atoms with E-state index in [9.17, 15) is 0 Å². The average molecular weight is 191 g/mol. The van der Waals surface area contributed by atoms with Gasteiger partial charge in [0.2, 0.25) is 0 Å². The van der Waals surface area contributed by atoms with Crippen molar-refractivity contribution in [1.29, 1.82) is 0 Å². The van der Waals surface area contributed by atoms with Crippen LogP contribution in [0.15, 0.2) is 23.1 Å². The zero-order chi connectivity index (χ0) is 9.68. The van der Waals surface area contributed by atoms with E-state index in [4.69, 9.17) is 12.2 Å². The molecule has 2 heteroatoms. The minimum Gasteiger partial charge on any atom is -0.399 e. The van der Waals surface area contributed by atoms with Crippen LogP contribution >= 0.6 is 11.8 Å². The van der Waals surface area contributed by atoms with Crippen molar-refractivity contribution >= 4 is 17.4 Å². The normalized spacial score (nSPS) is 9.54. The van der Waals surface area contributed by atoms with Crippen molar-refractivity contribution in [2.75, 3.05) is 11.5 Å². The number of benzene rings is 1. The van der Waals surface area contributed by atoms with Crippen LogP contribution in [0.25, 0.3) is 0 Å². The van der Waals surface area contributed by atoms with Gasteiger partial charge in [-0.05, 0) is 30.7 Å². The molecule has 0 radical (unpaired) electrons. The topological polar surface area (TPSA) is 26.0 Å². The number of hydrogen-bond donors (Lipinski definition) is 1. The Hall–Kier alpha value is -1.07. The molecule has 0 saturated carbocycles. The smallest absolute Gasteiger partial charge is 0.0344 e. The van der Waals surface area contributed by atoms with E-state index < -0.39 is 0 Å². The van der Waals surface area contributed by atoms with Gasteiger partial charge in [-0.15, -0.1) is 24.1 Å². The molecule has 0 aliphatic rings. The van der Waals surface area contributed by atoms with E-state index in [0.717, 1.165) is 23.4 Å². The number of hydrogen-bond acceptors (Lipinski definition) is 2. The fraction of sp³-hybridized carbons (Fsp3) is 0.273. The van der Waals surface area contributed by atoms with Crippen molar-refractivity contribution in [2.45, 2.75) is 18.2 Å². The zero-order valence-corrected chi connectivity index (χ0v) is 8.53. The van der Waals surface area contributed by atoms with Gasteiger partial charge in [0, 0.05) is 22.8 Å². The van der Waals surface area contributed by atoms with E-state index in [1.54, 1.807) is 11.8 Å². The van der Waals surface area contributed by atoms with Gasteiger partial charge in [-0.2, -0.15) is 0 Å². The summed E-state index contributed by atoms with van der Waals surface area (Å²) in [5, 5.41) is 0. The SMILES string of the molecule is C#CCCSc1ccc(N)c(C)c1. The fourth-order valence-electron chi connectivity index (χ4n) is 0.966. The Labute approximate surface area is 83.7 Å². The Kier molecular flexibility index (Phi) is 3.72. The predicted octanol–water partition coefficient (Wildman–Crippen LogP) is 2.69. The summed E-state index contributed by atoms with van der Waals surface area (Å²) in [4.78, 5) is 1.24. The summed E-state index contributed by atoms with van der Waals surface area (Å²) in [5.41, 5.74) is 7.68. The van der Waals surface area contributed by atoms with E-state index in [2.05, 4.69) is 12.0 Å². The predicted molar refractivity (Wildman–Crippen MR) is 59.8 cm³/mol. The summed E-state index contributed by atoms with van der Waals surface area (Å²) in [5.74, 6) is 3.59. The third kappa shape index (κ3) is 3.04. The van der Waals surface area contributed by atoms with Crippen molar-refractivity contribution in [2.24, 2.45) is 0 Å². The highest BCUT2D eigenvalue weighted by Gasteiger charge is 1.96. The molecule has 0 atom stereocenters. The first-order chi connectivity index (χ1) is 6.24. The minimum absolute atomic E-state index is 0.814. The molecule has 13 heavy (non-hydrogen) atoms. The monoisotopic (exact) mass is 191 g/mol. The molecule has 2 N–H and O–H groups in total. The molecule has 0 unspecified atom stereocenters. The molecule has 1 aromatic carbocycles. The Morgan fingerprint density at radius 3 is 2.92 bits per heavy atom. The molecular weight excluding hydrogens is 178 g/mol. The molecular formula is C11H13NS. The van der Waals surface area contributed by atoms with E-state index in [1.807, 2.05) is 19.1 Å². The second-order valence-electron chi connectivity index (χ2n) is 2.82. The van der Waals surface area contributed by atoms with Crippen molar-refractivity contribution in [3.63, 3.8) is 0 Å². The van der Waals surface area contributed by atoms with Gasteiger partial charge in [0.15, 0.2) is 0 Å². The number of terminal acetylenes is 1. The van der Waals surface area contributed by atoms with Crippen molar-refractivity contribution < 1.29 is 0 Å². The molecule has 1 rings (SSSR count). The molecule has 1 nitrogen and oxygen atoms in total. The highest BCUT2D eigenvalue weighted by atomic mass is 32.2. The maximum atomic E-state index is 5.70. The van der Waals surface area contributed by atoms with Gasteiger partial charge >= 0.3 is 0 Å². The number of nitrogens with two attached hydrogens (primary N) is 1. The second kappa shape index (κ2) is 4.84. The molecule has 68 valence electrons. The third-order valence-corrected chi connectivity index (χ3v) is 2.75. The second-order valence-corrected chi connectivity index (χ2v) is 3.99. The van der Waals surface area contributed by atoms with Crippen LogP contribution in [-0.2, 0) is 0 Å². The summed E-state index contributed by atoms with van der Waals surface area (Å²) in [6, 6.07) is 6.06. The standard InChI is InChI=1S/C11H13NS/c1-3-4-7-13-10-5-6-11(12)9(2)8-10/h1,5-6,8H,4,7,12H2,2H3. The number of nitrogen functional groups attached to an aromatic ring is 1.